The van der Waals surface area contributed by atoms with Crippen LogP contribution in [0.15, 0.2) is 48.5 Å². The summed E-state index contributed by atoms with van der Waals surface area (Å²) in [5.41, 5.74) is 0. The smallest absolute Gasteiger partial charge is 1.00 e. The zero-order valence-corrected chi connectivity index (χ0v) is 16.0. The third-order valence-corrected chi connectivity index (χ3v) is 5.01. The van der Waals surface area contributed by atoms with Crippen molar-refractivity contribution in [1.82, 2.24) is 0 Å². The van der Waals surface area contributed by atoms with Gasteiger partial charge in [-0.2, -0.15) is 0 Å². The van der Waals surface area contributed by atoms with Crippen LogP contribution in [0.1, 0.15) is 0 Å². The van der Waals surface area contributed by atoms with Crippen molar-refractivity contribution in [3.8, 4) is 0 Å². The molecule has 0 aromatic heterocycles. The Kier molecular flexibility index (Phi) is 8.62. The molecule has 0 atom stereocenters. The average molecular weight is 539 g/mol. The minimum absolute atomic E-state index is 0. The van der Waals surface area contributed by atoms with Crippen molar-refractivity contribution in [2.24, 2.45) is 0 Å². The number of hydrogen-bond acceptors (Lipinski definition) is 0. The Hall–Kier alpha value is -0.112. The van der Waals surface area contributed by atoms with Crippen molar-refractivity contribution in [1.29, 1.82) is 0 Å². The van der Waals surface area contributed by atoms with Crippen LogP contribution in [0, 0.1) is 7.14 Å². The Balaban J connectivity index is 0.000000546. The van der Waals surface area contributed by atoms with Crippen LogP contribution in [0.4, 0.5) is 17.3 Å². The maximum absolute atomic E-state index is 9.89. The molecule has 0 fully saturated rings. The van der Waals surface area contributed by atoms with Gasteiger partial charge in [-0.1, -0.05) is 23.2 Å². The van der Waals surface area contributed by atoms with Crippen molar-refractivity contribution in [2.45, 2.75) is 0 Å². The van der Waals surface area contributed by atoms with Gasteiger partial charge in [-0.05, 0) is 48.5 Å². The fourth-order valence-corrected chi connectivity index (χ4v) is 3.52. The summed E-state index contributed by atoms with van der Waals surface area (Å²) in [6.07, 6.45) is 0. The van der Waals surface area contributed by atoms with E-state index in [4.69, 9.17) is 23.2 Å². The third-order valence-electron chi connectivity index (χ3n) is 1.83. The summed E-state index contributed by atoms with van der Waals surface area (Å²) >= 11 is 2.56. The molecule has 0 heterocycles. The van der Waals surface area contributed by atoms with E-state index in [0.717, 1.165) is 10.0 Å². The van der Waals surface area contributed by atoms with Gasteiger partial charge in [-0.25, -0.2) is 0 Å². The summed E-state index contributed by atoms with van der Waals surface area (Å²) in [6, 6.07) is 16.1. The monoisotopic (exact) mass is 538 g/mol. The van der Waals surface area contributed by atoms with Crippen molar-refractivity contribution >= 4 is 38.0 Å². The van der Waals surface area contributed by atoms with Gasteiger partial charge in [0.1, 0.15) is 0 Å². The van der Waals surface area contributed by atoms with E-state index in [1.807, 2.05) is 24.3 Å². The molecule has 124 valence electrons. The molecule has 0 bridgehead atoms. The van der Waals surface area contributed by atoms with Gasteiger partial charge in [0.05, 0.1) is 0 Å². The molecular weight excluding hydrogens is 531 g/mol. The topological polar surface area (TPSA) is 0 Å². The zero-order valence-electron chi connectivity index (χ0n) is 10.5. The second-order valence-electron chi connectivity index (χ2n) is 3.61. The number of benzene rings is 2. The zero-order chi connectivity index (χ0) is 16.1. The first kappa shape index (κ1) is 21.9. The van der Waals surface area contributed by atoms with E-state index in [1.165, 1.54) is 7.14 Å². The van der Waals surface area contributed by atoms with E-state index < -0.39 is 14.8 Å². The van der Waals surface area contributed by atoms with Crippen LogP contribution in [-0.2, 0) is 0 Å². The van der Waals surface area contributed by atoms with Crippen LogP contribution in [0.5, 0.6) is 0 Å². The standard InChI is InChI=1S/C12H8Cl2I.AsF5.FH/c13-9-1-5-11(6-2-9)15-12-7-3-10(14)4-8-12;2-1(3,4,5)6;/h1-8H;;1H/q+1;;/p-1. The third kappa shape index (κ3) is 12.4. The summed E-state index contributed by atoms with van der Waals surface area (Å²) in [7, 11) is 0. The Labute approximate surface area is 146 Å². The van der Waals surface area contributed by atoms with E-state index >= 15 is 0 Å². The molecule has 0 unspecified atom stereocenters. The number of hydrogen-bond donors (Lipinski definition) is 0. The summed E-state index contributed by atoms with van der Waals surface area (Å²) in [6.45, 7) is 0. The van der Waals surface area contributed by atoms with Gasteiger partial charge >= 0.3 is 53.3 Å². The molecule has 0 nitrogen and oxygen atoms in total. The predicted octanol–water partition coefficient (Wildman–Crippen LogP) is -0.154. The fourth-order valence-electron chi connectivity index (χ4n) is 1.11. The molecule has 2 rings (SSSR count). The minimum atomic E-state index is -8.99. The summed E-state index contributed by atoms with van der Waals surface area (Å²) in [5, 5.41) is 1.58. The molecule has 0 aliphatic rings. The molecule has 0 spiro atoms. The fraction of sp³-hybridized carbons (Fsp3) is 0. The van der Waals surface area contributed by atoms with Crippen molar-refractivity contribution in [3.63, 3.8) is 0 Å². The summed E-state index contributed by atoms with van der Waals surface area (Å²) in [5.74, 6) is 0. The van der Waals surface area contributed by atoms with Crippen LogP contribution in [0.25, 0.3) is 0 Å². The van der Waals surface area contributed by atoms with E-state index in [-0.39, 0.29) is 25.9 Å². The molecule has 0 radical (unpaired) electrons. The second kappa shape index (κ2) is 8.66. The van der Waals surface area contributed by atoms with Crippen molar-refractivity contribution < 1.29 is 43.2 Å². The molecule has 0 amide bonds. The van der Waals surface area contributed by atoms with Gasteiger partial charge in [0.2, 0.25) is 0 Å². The van der Waals surface area contributed by atoms with Gasteiger partial charge in [0.25, 0.3) is 0 Å². The van der Waals surface area contributed by atoms with E-state index in [1.54, 1.807) is 0 Å². The minimum Gasteiger partial charge on any atom is -1.00 e. The van der Waals surface area contributed by atoms with Gasteiger partial charge in [0.15, 0.2) is 7.14 Å². The largest absolute Gasteiger partial charge is 1.00 e. The molecular formula is C12H8AsCl2F6I. The molecule has 0 aliphatic carbocycles. The maximum atomic E-state index is 9.89. The van der Waals surface area contributed by atoms with Gasteiger partial charge in [0, 0.05) is 10.0 Å². The van der Waals surface area contributed by atoms with Crippen LogP contribution in [0.2, 0.25) is 10.0 Å². The SMILES string of the molecule is Clc1ccc([I+]c2ccc(Cl)cc2)cc1.F[As](F)(F)(F)F.[F-]. The molecule has 2 aromatic carbocycles. The number of halogens is 9. The van der Waals surface area contributed by atoms with Crippen LogP contribution >= 0.6 is 23.2 Å². The van der Waals surface area contributed by atoms with Gasteiger partial charge < -0.3 is 4.70 Å². The number of rotatable bonds is 2. The van der Waals surface area contributed by atoms with Crippen LogP contribution in [0.3, 0.4) is 0 Å². The van der Waals surface area contributed by atoms with Crippen LogP contribution in [-0.4, -0.2) is 14.8 Å². The molecule has 0 aliphatic heterocycles. The first-order valence-corrected chi connectivity index (χ1v) is 11.7. The summed E-state index contributed by atoms with van der Waals surface area (Å²) < 4.78 is 52.2. The summed E-state index contributed by atoms with van der Waals surface area (Å²) in [4.78, 5) is 0. The van der Waals surface area contributed by atoms with Crippen LogP contribution < -0.4 is 25.9 Å². The first-order valence-electron chi connectivity index (χ1n) is 5.24. The van der Waals surface area contributed by atoms with E-state index in [9.17, 15) is 17.3 Å². The Morgan fingerprint density at radius 2 is 0.864 bits per heavy atom. The van der Waals surface area contributed by atoms with E-state index in [0.29, 0.717) is 0 Å². The first-order chi connectivity index (χ1) is 9.47. The molecule has 0 saturated heterocycles. The van der Waals surface area contributed by atoms with Gasteiger partial charge in [-0.3, -0.25) is 0 Å². The normalized spacial score (nSPS) is 12.2. The molecule has 0 saturated carbocycles. The van der Waals surface area contributed by atoms with Gasteiger partial charge in [-0.15, -0.1) is 0 Å². The Bertz CT molecular complexity index is 523. The van der Waals surface area contributed by atoms with E-state index in [2.05, 4.69) is 24.3 Å². The Morgan fingerprint density at radius 1 is 0.636 bits per heavy atom. The molecule has 2 aromatic rings. The quantitative estimate of drug-likeness (QED) is 0.283. The average Bonchev–Trinajstić information content (AvgIpc) is 2.32. The molecule has 10 heteroatoms. The Morgan fingerprint density at radius 3 is 1.09 bits per heavy atom. The predicted molar refractivity (Wildman–Crippen MR) is 71.6 cm³/mol. The van der Waals surface area contributed by atoms with Crippen molar-refractivity contribution in [3.05, 3.63) is 65.7 Å². The molecule has 22 heavy (non-hydrogen) atoms. The second-order valence-corrected chi connectivity index (χ2v) is 10.2. The maximum Gasteiger partial charge on any atom is -1.00 e. The molecule has 0 N–H and O–H groups in total. The van der Waals surface area contributed by atoms with Crippen molar-refractivity contribution in [2.75, 3.05) is 0 Å².